The van der Waals surface area contributed by atoms with Crippen LogP contribution >= 0.6 is 0 Å². The van der Waals surface area contributed by atoms with Gasteiger partial charge in [0.1, 0.15) is 23.7 Å². The molecule has 2 atom stereocenters. The van der Waals surface area contributed by atoms with Crippen LogP contribution in [-0.2, 0) is 36.0 Å². The minimum absolute atomic E-state index is 0.00398. The third-order valence-electron chi connectivity index (χ3n) is 6.69. The molecule has 1 unspecified atom stereocenters. The maximum atomic E-state index is 13.0. The van der Waals surface area contributed by atoms with Crippen LogP contribution in [0.5, 0.6) is 5.75 Å². The Morgan fingerprint density at radius 2 is 1.79 bits per heavy atom. The molecule has 0 fully saturated rings. The number of benzene rings is 2. The number of ether oxygens (including phenoxy) is 2. The lowest BCUT2D eigenvalue weighted by Gasteiger charge is -2.13. The van der Waals surface area contributed by atoms with E-state index in [1.165, 1.54) is 0 Å². The second-order valence-electron chi connectivity index (χ2n) is 9.81. The number of aryl methyl sites for hydroxylation is 3. The molecular weight excluding hydrogens is 538 g/mol. The maximum absolute atomic E-state index is 13.0. The van der Waals surface area contributed by atoms with Crippen molar-refractivity contribution in [2.45, 2.75) is 58.7 Å². The van der Waals surface area contributed by atoms with Crippen LogP contribution in [0.1, 0.15) is 49.0 Å². The van der Waals surface area contributed by atoms with Crippen LogP contribution in [0.15, 0.2) is 59.4 Å². The lowest BCUT2D eigenvalue weighted by molar-refractivity contribution is -0.149. The quantitative estimate of drug-likeness (QED) is 0.217. The predicted octanol–water partition coefficient (Wildman–Crippen LogP) is 3.18. The number of fused-ring (bicyclic) bond motifs is 1. The molecule has 11 nitrogen and oxygen atoms in total. The monoisotopic (exact) mass is 579 g/mol. The molecule has 0 aliphatic rings. The second kappa shape index (κ2) is 15.8. The summed E-state index contributed by atoms with van der Waals surface area (Å²) >= 11 is 0. The molecule has 4 N–H and O–H groups in total. The Morgan fingerprint density at radius 3 is 2.38 bits per heavy atom. The minimum Gasteiger partial charge on any atom is -0.492 e. The number of hydrogen-bond donors (Lipinski definition) is 3. The Labute approximate surface area is 245 Å². The molecule has 11 heteroatoms. The zero-order valence-corrected chi connectivity index (χ0v) is 24.7. The summed E-state index contributed by atoms with van der Waals surface area (Å²) in [6.07, 6.45) is 1.14. The topological polar surface area (TPSA) is 155 Å². The molecule has 2 aromatic carbocycles. The highest BCUT2D eigenvalue weighted by Crippen LogP contribution is 2.16. The lowest BCUT2D eigenvalue weighted by Crippen LogP contribution is -2.27. The van der Waals surface area contributed by atoms with E-state index in [0.29, 0.717) is 42.4 Å². The smallest absolute Gasteiger partial charge is 0.333 e. The Balaban J connectivity index is 0.000000408. The number of nitrogens with two attached hydrogens (primary N) is 1. The molecule has 4 rings (SSSR count). The number of carboxylic acids is 1. The number of aliphatic hydroxyl groups excluding tert-OH is 1. The van der Waals surface area contributed by atoms with Crippen LogP contribution in [0.2, 0.25) is 0 Å². The third-order valence-corrected chi connectivity index (χ3v) is 6.69. The van der Waals surface area contributed by atoms with E-state index in [4.69, 9.17) is 20.3 Å². The second-order valence-corrected chi connectivity index (χ2v) is 9.81. The molecule has 0 bridgehead atoms. The van der Waals surface area contributed by atoms with Gasteiger partial charge in [0, 0.05) is 20.1 Å². The van der Waals surface area contributed by atoms with Crippen LogP contribution in [0.25, 0.3) is 11.0 Å². The summed E-state index contributed by atoms with van der Waals surface area (Å²) < 4.78 is 14.3. The third kappa shape index (κ3) is 8.48. The van der Waals surface area contributed by atoms with E-state index in [0.717, 1.165) is 29.7 Å². The van der Waals surface area contributed by atoms with Gasteiger partial charge in [-0.05, 0) is 43.5 Å². The molecule has 0 saturated carbocycles. The Morgan fingerprint density at radius 1 is 1.10 bits per heavy atom. The molecule has 4 aromatic rings. The van der Waals surface area contributed by atoms with Gasteiger partial charge in [-0.1, -0.05) is 55.8 Å². The van der Waals surface area contributed by atoms with Crippen LogP contribution in [0.4, 0.5) is 0 Å². The molecule has 0 saturated heterocycles. The zero-order chi connectivity index (χ0) is 30.6. The minimum atomic E-state index is -0.978. The molecule has 0 spiro atoms. The summed E-state index contributed by atoms with van der Waals surface area (Å²) in [7, 11) is 1.77. The summed E-state index contributed by atoms with van der Waals surface area (Å²) in [5.74, 6) is 0.291. The molecule has 2 heterocycles. The largest absolute Gasteiger partial charge is 0.492 e. The van der Waals surface area contributed by atoms with Gasteiger partial charge in [-0.2, -0.15) is 5.10 Å². The first kappa shape index (κ1) is 32.5. The van der Waals surface area contributed by atoms with Crippen molar-refractivity contribution < 1.29 is 24.5 Å². The van der Waals surface area contributed by atoms with Crippen molar-refractivity contribution in [3.63, 3.8) is 0 Å². The molecule has 0 radical (unpaired) electrons. The standard InChI is InChI=1S/C23H30N4O5.C8H11NO/c1-5-7-18-20-21(26(4)25-18)22(28)27(15(3)24-20)12-13-32-17-10-8-16(9-11-17)14-19(23(29)30)31-6-2;9-8(6-10)7-4-2-1-3-5-7/h8-11,19H,5-7,12-14H2,1-4H3,(H,29,30);1-5,8,10H,6,9H2/t19-;/m1./s1. The van der Waals surface area contributed by atoms with E-state index >= 15 is 0 Å². The molecule has 226 valence electrons. The van der Waals surface area contributed by atoms with Gasteiger partial charge in [0.2, 0.25) is 0 Å². The fourth-order valence-corrected chi connectivity index (χ4v) is 4.51. The summed E-state index contributed by atoms with van der Waals surface area (Å²) in [4.78, 5) is 28.9. The molecule has 0 aliphatic carbocycles. The first-order chi connectivity index (χ1) is 20.2. The highest BCUT2D eigenvalue weighted by atomic mass is 16.5. The van der Waals surface area contributed by atoms with E-state index < -0.39 is 12.1 Å². The van der Waals surface area contributed by atoms with E-state index in [2.05, 4.69) is 17.0 Å². The van der Waals surface area contributed by atoms with Crippen molar-refractivity contribution in [3.05, 3.63) is 87.6 Å². The average molecular weight is 580 g/mol. The molecule has 0 amide bonds. The SMILES string of the molecule is CCCc1nn(C)c2c(=O)n(CCOc3ccc(C[C@@H](OCC)C(=O)O)cc3)c(C)nc12.NC(CO)c1ccccc1. The fraction of sp³-hybridized carbons (Fsp3) is 0.419. The van der Waals surface area contributed by atoms with Crippen molar-refractivity contribution in [2.75, 3.05) is 19.8 Å². The van der Waals surface area contributed by atoms with Gasteiger partial charge in [-0.15, -0.1) is 0 Å². The van der Waals surface area contributed by atoms with E-state index in [1.54, 1.807) is 35.4 Å². The number of carbonyl (C=O) groups is 1. The number of carboxylic acid groups (broad SMARTS) is 1. The van der Waals surface area contributed by atoms with E-state index in [1.807, 2.05) is 49.4 Å². The fourth-order valence-electron chi connectivity index (χ4n) is 4.51. The van der Waals surface area contributed by atoms with Crippen LogP contribution in [0, 0.1) is 6.92 Å². The highest BCUT2D eigenvalue weighted by molar-refractivity contribution is 5.76. The Bertz CT molecular complexity index is 1480. The highest BCUT2D eigenvalue weighted by Gasteiger charge is 2.18. The molecule has 42 heavy (non-hydrogen) atoms. The number of aliphatic hydroxyl groups is 1. The lowest BCUT2D eigenvalue weighted by atomic mass is 10.1. The van der Waals surface area contributed by atoms with E-state index in [-0.39, 0.29) is 24.6 Å². The van der Waals surface area contributed by atoms with Gasteiger partial charge < -0.3 is 25.4 Å². The van der Waals surface area contributed by atoms with Crippen LogP contribution in [0.3, 0.4) is 0 Å². The average Bonchev–Trinajstić information content (AvgIpc) is 3.30. The molecule has 2 aromatic heterocycles. The predicted molar refractivity (Wildman–Crippen MR) is 161 cm³/mol. The first-order valence-electron chi connectivity index (χ1n) is 14.1. The summed E-state index contributed by atoms with van der Waals surface area (Å²) in [5, 5.41) is 22.3. The van der Waals surface area contributed by atoms with Crippen molar-refractivity contribution >= 4 is 17.0 Å². The number of aromatic nitrogens is 4. The van der Waals surface area contributed by atoms with Crippen LogP contribution < -0.4 is 16.0 Å². The van der Waals surface area contributed by atoms with Crippen molar-refractivity contribution in [1.82, 2.24) is 19.3 Å². The van der Waals surface area contributed by atoms with Crippen molar-refractivity contribution in [2.24, 2.45) is 12.8 Å². The van der Waals surface area contributed by atoms with Gasteiger partial charge in [0.05, 0.1) is 24.9 Å². The maximum Gasteiger partial charge on any atom is 0.333 e. The number of rotatable bonds is 13. The molecule has 0 aliphatic heterocycles. The van der Waals surface area contributed by atoms with Crippen LogP contribution in [-0.4, -0.2) is 61.4 Å². The van der Waals surface area contributed by atoms with Gasteiger partial charge in [-0.25, -0.2) is 9.78 Å². The van der Waals surface area contributed by atoms with Gasteiger partial charge in [0.15, 0.2) is 11.6 Å². The normalized spacial score (nSPS) is 12.4. The van der Waals surface area contributed by atoms with Crippen molar-refractivity contribution in [3.8, 4) is 5.75 Å². The number of hydrogen-bond acceptors (Lipinski definition) is 8. The van der Waals surface area contributed by atoms with E-state index in [9.17, 15) is 14.7 Å². The van der Waals surface area contributed by atoms with Crippen molar-refractivity contribution in [1.29, 1.82) is 0 Å². The Kier molecular flexibility index (Phi) is 12.2. The number of aliphatic carboxylic acids is 1. The number of nitrogens with zero attached hydrogens (tertiary/aromatic N) is 4. The molecular formula is C31H41N5O6. The summed E-state index contributed by atoms with van der Waals surface area (Å²) in [6.45, 7) is 6.65. The zero-order valence-electron chi connectivity index (χ0n) is 24.7. The summed E-state index contributed by atoms with van der Waals surface area (Å²) in [5.41, 5.74) is 9.27. The van der Waals surface area contributed by atoms with Gasteiger partial charge in [-0.3, -0.25) is 14.0 Å². The van der Waals surface area contributed by atoms with Gasteiger partial charge >= 0.3 is 5.97 Å². The summed E-state index contributed by atoms with van der Waals surface area (Å²) in [6, 6.07) is 16.5. The first-order valence-corrected chi connectivity index (χ1v) is 14.1. The Hall–Kier alpha value is -4.06. The van der Waals surface area contributed by atoms with Gasteiger partial charge in [0.25, 0.3) is 5.56 Å².